The maximum atomic E-state index is 5.46. The number of aryl methyl sites for hydroxylation is 2. The molecule has 0 aliphatic heterocycles. The standard InChI is InChI=1S/C20H31N5O2/c1-7-17-16(18(8-2)25(4)24-17)13-23-20(21-3)22-12-14-9-10-15(26-5)11-19(14)27-6/h9-11H,7-8,12-13H2,1-6H3,(H2,21,22,23). The highest BCUT2D eigenvalue weighted by molar-refractivity contribution is 5.79. The van der Waals surface area contributed by atoms with Gasteiger partial charge in [-0.1, -0.05) is 13.8 Å². The highest BCUT2D eigenvalue weighted by Crippen LogP contribution is 2.24. The number of benzene rings is 1. The van der Waals surface area contributed by atoms with Crippen molar-refractivity contribution in [2.45, 2.75) is 39.8 Å². The number of guanidine groups is 1. The molecule has 0 saturated carbocycles. The fourth-order valence-corrected chi connectivity index (χ4v) is 3.16. The van der Waals surface area contributed by atoms with Crippen molar-refractivity contribution < 1.29 is 9.47 Å². The maximum absolute atomic E-state index is 5.46. The van der Waals surface area contributed by atoms with E-state index in [9.17, 15) is 0 Å². The molecule has 1 aromatic heterocycles. The van der Waals surface area contributed by atoms with Crippen molar-refractivity contribution in [1.29, 1.82) is 0 Å². The highest BCUT2D eigenvalue weighted by atomic mass is 16.5. The number of hydrogen-bond acceptors (Lipinski definition) is 4. The third-order valence-electron chi connectivity index (χ3n) is 4.62. The average Bonchev–Trinajstić information content (AvgIpc) is 3.02. The van der Waals surface area contributed by atoms with E-state index in [1.54, 1.807) is 21.3 Å². The first kappa shape index (κ1) is 20.6. The van der Waals surface area contributed by atoms with Crippen LogP contribution in [0.1, 0.15) is 36.4 Å². The molecule has 148 valence electrons. The maximum Gasteiger partial charge on any atom is 0.191 e. The van der Waals surface area contributed by atoms with E-state index in [0.29, 0.717) is 13.1 Å². The number of hydrogen-bond donors (Lipinski definition) is 2. The normalized spacial score (nSPS) is 11.4. The fraction of sp³-hybridized carbons (Fsp3) is 0.500. The van der Waals surface area contributed by atoms with Crippen LogP contribution < -0.4 is 20.1 Å². The van der Waals surface area contributed by atoms with Gasteiger partial charge in [-0.2, -0.15) is 5.10 Å². The van der Waals surface area contributed by atoms with Gasteiger partial charge in [0.1, 0.15) is 11.5 Å². The van der Waals surface area contributed by atoms with Crippen LogP contribution in [-0.4, -0.2) is 37.0 Å². The molecular weight excluding hydrogens is 342 g/mol. The Morgan fingerprint density at radius 3 is 2.44 bits per heavy atom. The molecule has 0 atom stereocenters. The van der Waals surface area contributed by atoms with Gasteiger partial charge in [-0.25, -0.2) is 0 Å². The summed E-state index contributed by atoms with van der Waals surface area (Å²) in [4.78, 5) is 4.33. The van der Waals surface area contributed by atoms with Crippen molar-refractivity contribution in [3.63, 3.8) is 0 Å². The number of ether oxygens (including phenoxy) is 2. The highest BCUT2D eigenvalue weighted by Gasteiger charge is 2.14. The average molecular weight is 374 g/mol. The summed E-state index contributed by atoms with van der Waals surface area (Å²) >= 11 is 0. The second-order valence-electron chi connectivity index (χ2n) is 6.16. The summed E-state index contributed by atoms with van der Waals surface area (Å²) in [7, 11) is 7.08. The lowest BCUT2D eigenvalue weighted by atomic mass is 10.1. The lowest BCUT2D eigenvalue weighted by molar-refractivity contribution is 0.390. The van der Waals surface area contributed by atoms with Gasteiger partial charge < -0.3 is 20.1 Å². The largest absolute Gasteiger partial charge is 0.497 e. The summed E-state index contributed by atoms with van der Waals surface area (Å²) in [6.45, 7) is 5.58. The fourth-order valence-electron chi connectivity index (χ4n) is 3.16. The molecule has 0 saturated heterocycles. The molecule has 0 aliphatic rings. The Kier molecular flexibility index (Phi) is 7.52. The summed E-state index contributed by atoms with van der Waals surface area (Å²) in [5.74, 6) is 2.29. The van der Waals surface area contributed by atoms with Crippen LogP contribution in [0.25, 0.3) is 0 Å². The van der Waals surface area contributed by atoms with Gasteiger partial charge >= 0.3 is 0 Å². The number of nitrogens with one attached hydrogen (secondary N) is 2. The van der Waals surface area contributed by atoms with Gasteiger partial charge in [0, 0.05) is 50.1 Å². The van der Waals surface area contributed by atoms with Gasteiger partial charge in [-0.3, -0.25) is 9.67 Å². The van der Waals surface area contributed by atoms with Crippen molar-refractivity contribution in [3.05, 3.63) is 40.7 Å². The summed E-state index contributed by atoms with van der Waals surface area (Å²) in [6.07, 6.45) is 1.87. The Labute approximate surface area is 161 Å². The van der Waals surface area contributed by atoms with Gasteiger partial charge in [0.05, 0.1) is 19.9 Å². The molecule has 0 spiro atoms. The minimum absolute atomic E-state index is 0.598. The summed E-state index contributed by atoms with van der Waals surface area (Å²) in [6, 6.07) is 5.79. The van der Waals surface area contributed by atoms with Gasteiger partial charge in [0.15, 0.2) is 5.96 Å². The smallest absolute Gasteiger partial charge is 0.191 e. The van der Waals surface area contributed by atoms with Crippen LogP contribution in [0.3, 0.4) is 0 Å². The second-order valence-corrected chi connectivity index (χ2v) is 6.16. The Hall–Kier alpha value is -2.70. The molecule has 7 nitrogen and oxygen atoms in total. The van der Waals surface area contributed by atoms with Crippen molar-refractivity contribution >= 4 is 5.96 Å². The van der Waals surface area contributed by atoms with E-state index in [4.69, 9.17) is 9.47 Å². The zero-order valence-corrected chi connectivity index (χ0v) is 17.2. The molecule has 7 heteroatoms. The molecular formula is C20H31N5O2. The number of nitrogens with zero attached hydrogens (tertiary/aromatic N) is 3. The van der Waals surface area contributed by atoms with Crippen molar-refractivity contribution in [1.82, 2.24) is 20.4 Å². The number of methoxy groups -OCH3 is 2. The van der Waals surface area contributed by atoms with Crippen molar-refractivity contribution in [2.75, 3.05) is 21.3 Å². The van der Waals surface area contributed by atoms with Crippen LogP contribution in [0.2, 0.25) is 0 Å². The zero-order valence-electron chi connectivity index (χ0n) is 17.2. The molecule has 0 fully saturated rings. The SMILES string of the molecule is CCc1nn(C)c(CC)c1CNC(=NC)NCc1ccc(OC)cc1OC. The molecule has 1 aromatic carbocycles. The van der Waals surface area contributed by atoms with Crippen LogP contribution >= 0.6 is 0 Å². The molecule has 0 aliphatic carbocycles. The third kappa shape index (κ3) is 4.93. The summed E-state index contributed by atoms with van der Waals surface area (Å²) < 4.78 is 12.7. The lowest BCUT2D eigenvalue weighted by Crippen LogP contribution is -2.36. The van der Waals surface area contributed by atoms with Crippen LogP contribution in [0, 0.1) is 0 Å². The van der Waals surface area contributed by atoms with Crippen LogP contribution in [0.4, 0.5) is 0 Å². The molecule has 2 aromatic rings. The molecule has 0 radical (unpaired) electrons. The van der Waals surface area contributed by atoms with Crippen LogP contribution in [0.15, 0.2) is 23.2 Å². The molecule has 27 heavy (non-hydrogen) atoms. The first-order valence-corrected chi connectivity index (χ1v) is 9.26. The van der Waals surface area contributed by atoms with E-state index in [1.165, 1.54) is 11.3 Å². The minimum atomic E-state index is 0.598. The predicted octanol–water partition coefficient (Wildman–Crippen LogP) is 2.43. The van der Waals surface area contributed by atoms with Gasteiger partial charge in [-0.05, 0) is 25.0 Å². The molecule has 2 N–H and O–H groups in total. The van der Waals surface area contributed by atoms with E-state index in [0.717, 1.165) is 41.6 Å². The second kappa shape index (κ2) is 9.85. The topological polar surface area (TPSA) is 72.7 Å². The van der Waals surface area contributed by atoms with E-state index < -0.39 is 0 Å². The minimum Gasteiger partial charge on any atom is -0.497 e. The van der Waals surface area contributed by atoms with E-state index in [1.807, 2.05) is 29.9 Å². The van der Waals surface area contributed by atoms with Crippen molar-refractivity contribution in [3.8, 4) is 11.5 Å². The number of aromatic nitrogens is 2. The lowest BCUT2D eigenvalue weighted by Gasteiger charge is -2.15. The summed E-state index contributed by atoms with van der Waals surface area (Å²) in [5.41, 5.74) is 4.68. The first-order valence-electron chi connectivity index (χ1n) is 9.26. The van der Waals surface area contributed by atoms with Gasteiger partial charge in [0.2, 0.25) is 0 Å². The molecule has 0 unspecified atom stereocenters. The molecule has 0 amide bonds. The Morgan fingerprint density at radius 2 is 1.85 bits per heavy atom. The third-order valence-corrected chi connectivity index (χ3v) is 4.62. The summed E-state index contributed by atoms with van der Waals surface area (Å²) in [5, 5.41) is 11.4. The van der Waals surface area contributed by atoms with E-state index >= 15 is 0 Å². The zero-order chi connectivity index (χ0) is 19.8. The van der Waals surface area contributed by atoms with Crippen LogP contribution in [-0.2, 0) is 33.0 Å². The van der Waals surface area contributed by atoms with Crippen LogP contribution in [0.5, 0.6) is 11.5 Å². The Morgan fingerprint density at radius 1 is 1.11 bits per heavy atom. The van der Waals surface area contributed by atoms with Gasteiger partial charge in [-0.15, -0.1) is 0 Å². The number of rotatable bonds is 8. The Balaban J connectivity index is 2.04. The van der Waals surface area contributed by atoms with E-state index in [2.05, 4.69) is 34.6 Å². The monoisotopic (exact) mass is 373 g/mol. The molecule has 0 bridgehead atoms. The van der Waals surface area contributed by atoms with E-state index in [-0.39, 0.29) is 0 Å². The predicted molar refractivity (Wildman–Crippen MR) is 109 cm³/mol. The first-order chi connectivity index (χ1) is 13.1. The molecule has 1 heterocycles. The van der Waals surface area contributed by atoms with Crippen molar-refractivity contribution in [2.24, 2.45) is 12.0 Å². The Bertz CT molecular complexity index is 783. The number of aliphatic imine (C=N–C) groups is 1. The van der Waals surface area contributed by atoms with Gasteiger partial charge in [0.25, 0.3) is 0 Å². The quantitative estimate of drug-likeness (QED) is 0.549. The molecule has 2 rings (SSSR count).